The van der Waals surface area contributed by atoms with Crippen LogP contribution >= 0.6 is 0 Å². The van der Waals surface area contributed by atoms with Crippen molar-refractivity contribution >= 4 is 5.91 Å². The van der Waals surface area contributed by atoms with Gasteiger partial charge < -0.3 is 5.32 Å². The molecule has 1 amide bonds. The predicted molar refractivity (Wildman–Crippen MR) is 72.8 cm³/mol. The molecule has 0 unspecified atom stereocenters. The van der Waals surface area contributed by atoms with E-state index in [2.05, 4.69) is 39.9 Å². The Labute approximate surface area is 107 Å². The van der Waals surface area contributed by atoms with Crippen molar-refractivity contribution in [3.8, 4) is 0 Å². The number of hydrogen-bond acceptors (Lipinski definition) is 1. The van der Waals surface area contributed by atoms with Gasteiger partial charge in [-0.25, -0.2) is 0 Å². The van der Waals surface area contributed by atoms with E-state index < -0.39 is 0 Å². The van der Waals surface area contributed by atoms with Gasteiger partial charge >= 0.3 is 0 Å². The van der Waals surface area contributed by atoms with Gasteiger partial charge in [0.05, 0.1) is 0 Å². The molecular weight excluding hydrogens is 210 g/mol. The van der Waals surface area contributed by atoms with Gasteiger partial charge in [0.1, 0.15) is 0 Å². The summed E-state index contributed by atoms with van der Waals surface area (Å²) in [5, 5.41) is 3.07. The lowest BCUT2D eigenvalue weighted by atomic mass is 9.54. The summed E-state index contributed by atoms with van der Waals surface area (Å²) in [6.45, 7) is 13.4. The van der Waals surface area contributed by atoms with Crippen LogP contribution in [0.15, 0.2) is 0 Å². The summed E-state index contributed by atoms with van der Waals surface area (Å²) in [5.41, 5.74) is 0.782. The van der Waals surface area contributed by atoms with Crippen LogP contribution in [0.3, 0.4) is 0 Å². The summed E-state index contributed by atoms with van der Waals surface area (Å²) in [6, 6.07) is 0.404. The molecule has 0 spiro atoms. The molecule has 0 aromatic heterocycles. The normalized spacial score (nSPS) is 30.4. The highest BCUT2D eigenvalue weighted by Crippen LogP contribution is 2.54. The first-order valence-electron chi connectivity index (χ1n) is 6.96. The summed E-state index contributed by atoms with van der Waals surface area (Å²) in [7, 11) is 0. The van der Waals surface area contributed by atoms with Crippen LogP contribution in [0.4, 0.5) is 0 Å². The molecule has 17 heavy (non-hydrogen) atoms. The minimum atomic E-state index is 0.114. The summed E-state index contributed by atoms with van der Waals surface area (Å²) in [5.74, 6) is 0.823. The van der Waals surface area contributed by atoms with Crippen LogP contribution in [-0.2, 0) is 4.79 Å². The molecule has 1 aliphatic carbocycles. The Morgan fingerprint density at radius 2 is 1.71 bits per heavy atom. The first-order chi connectivity index (χ1) is 7.69. The van der Waals surface area contributed by atoms with E-state index in [0.29, 0.717) is 22.8 Å². The van der Waals surface area contributed by atoms with Crippen molar-refractivity contribution in [2.45, 2.75) is 73.3 Å². The molecule has 0 radical (unpaired) electrons. The number of amides is 1. The Bertz CT molecular complexity index is 267. The molecule has 0 bridgehead atoms. The lowest BCUT2D eigenvalue weighted by Crippen LogP contribution is -2.47. The Kier molecular flexibility index (Phi) is 4.27. The Balaban J connectivity index is 2.72. The second kappa shape index (κ2) is 4.99. The van der Waals surface area contributed by atoms with Gasteiger partial charge in [-0.1, -0.05) is 34.6 Å². The molecule has 1 rings (SSSR count). The lowest BCUT2D eigenvalue weighted by molar-refractivity contribution is -0.120. The summed E-state index contributed by atoms with van der Waals surface area (Å²) >= 11 is 0. The van der Waals surface area contributed by atoms with E-state index in [4.69, 9.17) is 0 Å². The van der Waals surface area contributed by atoms with Crippen LogP contribution in [0.1, 0.15) is 67.2 Å². The van der Waals surface area contributed by atoms with Crippen LogP contribution < -0.4 is 5.32 Å². The smallest absolute Gasteiger partial charge is 0.217 e. The van der Waals surface area contributed by atoms with Crippen LogP contribution in [0.5, 0.6) is 0 Å². The quantitative estimate of drug-likeness (QED) is 0.781. The maximum absolute atomic E-state index is 11.1. The van der Waals surface area contributed by atoms with E-state index in [0.717, 1.165) is 12.8 Å². The minimum absolute atomic E-state index is 0.114. The van der Waals surface area contributed by atoms with Crippen LogP contribution in [0.2, 0.25) is 0 Å². The Morgan fingerprint density at radius 1 is 1.24 bits per heavy atom. The van der Waals surface area contributed by atoms with E-state index in [1.807, 2.05) is 0 Å². The molecule has 0 aromatic rings. The number of carbonyl (C=O) groups is 1. The number of carbonyl (C=O) groups excluding carboxylic acids is 1. The second-order valence-corrected chi connectivity index (χ2v) is 7.04. The van der Waals surface area contributed by atoms with E-state index >= 15 is 0 Å². The third-order valence-electron chi connectivity index (χ3n) is 4.88. The SMILES string of the molecule is CC(=O)NC1CCC(C(C)C)(C(C)(C)C)CC1. The van der Waals surface area contributed by atoms with Gasteiger partial charge in [0, 0.05) is 13.0 Å². The molecule has 1 aliphatic rings. The molecule has 1 fully saturated rings. The van der Waals surface area contributed by atoms with E-state index in [-0.39, 0.29) is 5.91 Å². The highest BCUT2D eigenvalue weighted by Gasteiger charge is 2.46. The van der Waals surface area contributed by atoms with Gasteiger partial charge in [-0.3, -0.25) is 4.79 Å². The van der Waals surface area contributed by atoms with Crippen molar-refractivity contribution in [2.24, 2.45) is 16.7 Å². The fourth-order valence-electron chi connectivity index (χ4n) is 3.76. The van der Waals surface area contributed by atoms with Crippen molar-refractivity contribution in [1.29, 1.82) is 0 Å². The first kappa shape index (κ1) is 14.5. The Morgan fingerprint density at radius 3 is 2.00 bits per heavy atom. The van der Waals surface area contributed by atoms with Gasteiger partial charge in [0.2, 0.25) is 5.91 Å². The average molecular weight is 239 g/mol. The third-order valence-corrected chi connectivity index (χ3v) is 4.88. The minimum Gasteiger partial charge on any atom is -0.354 e. The summed E-state index contributed by atoms with van der Waals surface area (Å²) in [6.07, 6.45) is 4.74. The van der Waals surface area contributed by atoms with Crippen molar-refractivity contribution in [2.75, 3.05) is 0 Å². The molecular formula is C15H29NO. The van der Waals surface area contributed by atoms with Gasteiger partial charge in [0.25, 0.3) is 0 Å². The zero-order valence-corrected chi connectivity index (χ0v) is 12.4. The summed E-state index contributed by atoms with van der Waals surface area (Å²) in [4.78, 5) is 11.1. The highest BCUT2D eigenvalue weighted by atomic mass is 16.1. The zero-order valence-electron chi connectivity index (χ0n) is 12.4. The topological polar surface area (TPSA) is 29.1 Å². The van der Waals surface area contributed by atoms with Crippen molar-refractivity contribution < 1.29 is 4.79 Å². The molecule has 0 atom stereocenters. The standard InChI is InChI=1S/C15H29NO/c1-11(2)15(14(4,5)6)9-7-13(8-10-15)16-12(3)17/h11,13H,7-10H2,1-6H3,(H,16,17). The summed E-state index contributed by atoms with van der Waals surface area (Å²) < 4.78 is 0. The van der Waals surface area contributed by atoms with Crippen LogP contribution in [0.25, 0.3) is 0 Å². The predicted octanol–water partition coefficient (Wildman–Crippen LogP) is 3.75. The lowest BCUT2D eigenvalue weighted by Gasteiger charge is -2.52. The van der Waals surface area contributed by atoms with Gasteiger partial charge in [-0.2, -0.15) is 0 Å². The zero-order chi connectivity index (χ0) is 13.3. The molecule has 2 heteroatoms. The fraction of sp³-hybridized carbons (Fsp3) is 0.933. The maximum atomic E-state index is 11.1. The van der Waals surface area contributed by atoms with Gasteiger partial charge in [-0.05, 0) is 42.4 Å². The van der Waals surface area contributed by atoms with Crippen molar-refractivity contribution in [1.82, 2.24) is 5.32 Å². The third kappa shape index (κ3) is 3.02. The van der Waals surface area contributed by atoms with Crippen molar-refractivity contribution in [3.63, 3.8) is 0 Å². The molecule has 0 aliphatic heterocycles. The van der Waals surface area contributed by atoms with Gasteiger partial charge in [0.15, 0.2) is 0 Å². The second-order valence-electron chi connectivity index (χ2n) is 7.04. The van der Waals surface area contributed by atoms with Crippen LogP contribution in [-0.4, -0.2) is 11.9 Å². The number of hydrogen-bond donors (Lipinski definition) is 1. The molecule has 100 valence electrons. The van der Waals surface area contributed by atoms with E-state index in [1.54, 1.807) is 6.92 Å². The van der Waals surface area contributed by atoms with E-state index in [9.17, 15) is 4.79 Å². The monoisotopic (exact) mass is 239 g/mol. The van der Waals surface area contributed by atoms with E-state index in [1.165, 1.54) is 12.8 Å². The average Bonchev–Trinajstić information content (AvgIpc) is 2.15. The molecule has 0 saturated heterocycles. The van der Waals surface area contributed by atoms with Crippen LogP contribution in [0, 0.1) is 16.7 Å². The molecule has 1 N–H and O–H groups in total. The number of nitrogens with one attached hydrogen (secondary N) is 1. The Hall–Kier alpha value is -0.530. The molecule has 0 heterocycles. The molecule has 2 nitrogen and oxygen atoms in total. The van der Waals surface area contributed by atoms with Crippen molar-refractivity contribution in [3.05, 3.63) is 0 Å². The van der Waals surface area contributed by atoms with Gasteiger partial charge in [-0.15, -0.1) is 0 Å². The maximum Gasteiger partial charge on any atom is 0.217 e. The fourth-order valence-corrected chi connectivity index (χ4v) is 3.76. The first-order valence-corrected chi connectivity index (χ1v) is 6.96. The molecule has 0 aromatic carbocycles. The highest BCUT2D eigenvalue weighted by molar-refractivity contribution is 5.73. The number of rotatable bonds is 2. The largest absolute Gasteiger partial charge is 0.354 e. The molecule has 1 saturated carbocycles.